The summed E-state index contributed by atoms with van der Waals surface area (Å²) in [5, 5.41) is 48.8. The molecule has 2 aromatic rings. The van der Waals surface area contributed by atoms with E-state index >= 15 is 0 Å². The minimum absolute atomic E-state index is 0.0525. The van der Waals surface area contributed by atoms with Crippen molar-refractivity contribution in [1.29, 1.82) is 0 Å². The molecular weight excluding hydrogens is 791 g/mol. The van der Waals surface area contributed by atoms with Gasteiger partial charge in [-0.05, 0) is 89.9 Å². The van der Waals surface area contributed by atoms with Gasteiger partial charge in [0, 0.05) is 56.0 Å². The lowest BCUT2D eigenvalue weighted by Crippen LogP contribution is -2.89. The van der Waals surface area contributed by atoms with Crippen LogP contribution in [0.5, 0.6) is 0 Å². The van der Waals surface area contributed by atoms with E-state index in [1.54, 1.807) is 24.7 Å². The summed E-state index contributed by atoms with van der Waals surface area (Å²) in [6.45, 7) is 13.9. The number of aromatic nitrogens is 2. The molecule has 0 unspecified atom stereocenters. The number of esters is 1. The van der Waals surface area contributed by atoms with Crippen LogP contribution in [0.2, 0.25) is 0 Å². The molecule has 2 saturated heterocycles. The Morgan fingerprint density at radius 3 is 2.44 bits per heavy atom. The number of aliphatic hydroxyl groups is 4. The average molecular weight is 867 g/mol. The van der Waals surface area contributed by atoms with Crippen molar-refractivity contribution >= 4 is 5.97 Å². The number of nitrogens with one attached hydrogen (secondary N) is 1. The van der Waals surface area contributed by atoms with E-state index in [0.29, 0.717) is 38.8 Å². The van der Waals surface area contributed by atoms with Crippen LogP contribution in [0.4, 0.5) is 0 Å². The van der Waals surface area contributed by atoms with Gasteiger partial charge in [0.05, 0.1) is 30.9 Å². The van der Waals surface area contributed by atoms with Gasteiger partial charge in [0.15, 0.2) is 11.9 Å². The van der Waals surface area contributed by atoms with Gasteiger partial charge in [-0.3, -0.25) is 4.79 Å². The number of aliphatic hydroxyl groups excluding tert-OH is 2. The highest BCUT2D eigenvalue weighted by atomic mass is 16.7. The van der Waals surface area contributed by atoms with Crippen LogP contribution in [-0.4, -0.2) is 140 Å². The first-order chi connectivity index (χ1) is 29.3. The van der Waals surface area contributed by atoms with Gasteiger partial charge in [0.25, 0.3) is 0 Å². The molecule has 3 heterocycles. The average Bonchev–Trinajstić information content (AvgIpc) is 3.25. The number of benzene rings is 1. The number of ether oxygens (including phenoxy) is 3. The van der Waals surface area contributed by atoms with Crippen molar-refractivity contribution in [3.63, 3.8) is 0 Å². The maximum Gasteiger partial charge on any atom is 0.309 e. The summed E-state index contributed by atoms with van der Waals surface area (Å²) in [7, 11) is 3.92. The van der Waals surface area contributed by atoms with Crippen LogP contribution < -0.4 is 16.6 Å². The molecule has 62 heavy (non-hydrogen) atoms. The molecule has 0 bridgehead atoms. The molecule has 2 aliphatic heterocycles. The van der Waals surface area contributed by atoms with E-state index in [4.69, 9.17) is 26.5 Å². The lowest BCUT2D eigenvalue weighted by Gasteiger charge is -2.44. The standard InChI is InChI=1S/C47H75N7O8/c1-11-41-46(8,58)43(56)34(7)54(10)27-30(3)23-47(59,12-2)44(31(4)19-32(5)45(57)61-41)62-42-22-40(20-33(6)60-42)53(9)18-17-38(52-48)26-51-39(28-55)21-35-13-15-36(16-14-35)37-24-49-29-50-25-37/h2,13-16,24-26,29-34,39-44,51-52,55-56,58-59H,11,17-23,27-28,48H2,1,3-10H3/p+1/b38-26-/t30-,31+,32-,33-,34-,39+,40+,41-,42+,43-,44-,46-,47-/m1/s1. The number of quaternary nitrogens is 1. The Labute approximate surface area is 369 Å². The van der Waals surface area contributed by atoms with Crippen molar-refractivity contribution in [3.8, 4) is 23.5 Å². The van der Waals surface area contributed by atoms with Crippen molar-refractivity contribution in [2.24, 2.45) is 23.6 Å². The normalized spacial score (nSPS) is 34.1. The Morgan fingerprint density at radius 2 is 1.82 bits per heavy atom. The topological polar surface area (TPSA) is 213 Å². The summed E-state index contributed by atoms with van der Waals surface area (Å²) in [5.41, 5.74) is 2.11. The van der Waals surface area contributed by atoms with Crippen LogP contribution >= 0.6 is 0 Å². The van der Waals surface area contributed by atoms with Crippen LogP contribution in [0.1, 0.15) is 92.6 Å². The van der Waals surface area contributed by atoms with Crippen LogP contribution in [0.15, 0.2) is 54.9 Å². The molecule has 0 aliphatic carbocycles. The summed E-state index contributed by atoms with van der Waals surface area (Å²) in [6.07, 6.45) is 12.6. The van der Waals surface area contributed by atoms with Gasteiger partial charge in [-0.1, -0.05) is 57.9 Å². The number of cyclic esters (lactones) is 1. The number of rotatable bonds is 14. The number of carbonyl (C=O) groups is 1. The number of terminal acetylenes is 1. The Morgan fingerprint density at radius 1 is 1.15 bits per heavy atom. The highest BCUT2D eigenvalue weighted by molar-refractivity contribution is 5.72. The molecule has 2 aliphatic rings. The van der Waals surface area contributed by atoms with Crippen LogP contribution in [0, 0.1) is 30.1 Å². The van der Waals surface area contributed by atoms with Crippen LogP contribution in [0.3, 0.4) is 0 Å². The van der Waals surface area contributed by atoms with Crippen LogP contribution in [-0.2, 0) is 25.4 Å². The fourth-order valence-corrected chi connectivity index (χ4v) is 9.14. The third-order valence-electron chi connectivity index (χ3n) is 13.1. The molecule has 0 saturated carbocycles. The number of hydrogen-bond acceptors (Lipinski definition) is 14. The second-order valence-corrected chi connectivity index (χ2v) is 18.4. The smallest absolute Gasteiger partial charge is 0.309 e. The molecule has 15 heteroatoms. The number of carbonyl (C=O) groups excluding carboxylic acids is 1. The Bertz CT molecular complexity index is 1750. The van der Waals surface area contributed by atoms with Gasteiger partial charge in [0.2, 0.25) is 0 Å². The summed E-state index contributed by atoms with van der Waals surface area (Å²) >= 11 is 0. The van der Waals surface area contributed by atoms with E-state index in [2.05, 4.69) is 33.2 Å². The highest BCUT2D eigenvalue weighted by Gasteiger charge is 2.47. The van der Waals surface area contributed by atoms with E-state index in [9.17, 15) is 25.2 Å². The summed E-state index contributed by atoms with van der Waals surface area (Å²) in [6, 6.07) is 7.51. The van der Waals surface area contributed by atoms with Gasteiger partial charge in [-0.25, -0.2) is 15.4 Å². The minimum Gasteiger partial charge on any atom is -0.459 e. The lowest BCUT2D eigenvalue weighted by molar-refractivity contribution is -0.621. The molecule has 1 aromatic heterocycles. The van der Waals surface area contributed by atoms with Gasteiger partial charge >= 0.3 is 5.97 Å². The van der Waals surface area contributed by atoms with Crippen molar-refractivity contribution in [2.75, 3.05) is 33.8 Å². The van der Waals surface area contributed by atoms with E-state index < -0.39 is 59.7 Å². The molecule has 9 N–H and O–H groups in total. The molecule has 1 aromatic carbocycles. The summed E-state index contributed by atoms with van der Waals surface area (Å²) < 4.78 is 19.1. The second-order valence-electron chi connectivity index (χ2n) is 18.4. The maximum absolute atomic E-state index is 13.6. The zero-order chi connectivity index (χ0) is 45.8. The molecular formula is C47H76N7O8+. The Kier molecular flexibility index (Phi) is 19.3. The first kappa shape index (κ1) is 51.1. The minimum atomic E-state index is -1.72. The lowest BCUT2D eigenvalue weighted by atomic mass is 9.78. The first-order valence-corrected chi connectivity index (χ1v) is 22.3. The van der Waals surface area contributed by atoms with Crippen LogP contribution in [0.25, 0.3) is 11.1 Å². The van der Waals surface area contributed by atoms with Gasteiger partial charge < -0.3 is 49.8 Å². The Balaban J connectivity index is 1.44. The molecule has 346 valence electrons. The van der Waals surface area contributed by atoms with E-state index in [-0.39, 0.29) is 43.6 Å². The fraction of sp³-hybridized carbons (Fsp3) is 0.681. The molecule has 4 rings (SSSR count). The highest BCUT2D eigenvalue weighted by Crippen LogP contribution is 2.36. The zero-order valence-electron chi connectivity index (χ0n) is 38.5. The van der Waals surface area contributed by atoms with Crippen molar-refractivity contribution < 1.29 is 44.9 Å². The number of hydrogen-bond donors (Lipinski definition) is 7. The van der Waals surface area contributed by atoms with Crippen molar-refractivity contribution in [2.45, 2.75) is 153 Å². The number of nitrogens with zero attached hydrogens (tertiary/aromatic N) is 4. The molecule has 15 nitrogen and oxygen atoms in total. The predicted molar refractivity (Wildman–Crippen MR) is 238 cm³/mol. The first-order valence-electron chi connectivity index (χ1n) is 22.3. The third kappa shape index (κ3) is 13.7. The molecule has 0 amide bonds. The maximum atomic E-state index is 13.6. The third-order valence-corrected chi connectivity index (χ3v) is 13.1. The summed E-state index contributed by atoms with van der Waals surface area (Å²) in [5.74, 6) is 7.10. The largest absolute Gasteiger partial charge is 0.459 e. The predicted octanol–water partition coefficient (Wildman–Crippen LogP) is 2.34. The Hall–Kier alpha value is -3.53. The second kappa shape index (κ2) is 23.4. The van der Waals surface area contributed by atoms with Crippen molar-refractivity contribution in [1.82, 2.24) is 25.1 Å². The van der Waals surface area contributed by atoms with E-state index in [1.165, 1.54) is 13.3 Å². The zero-order valence-corrected chi connectivity index (χ0v) is 38.5. The monoisotopic (exact) mass is 867 g/mol. The van der Waals surface area contributed by atoms with Crippen molar-refractivity contribution in [3.05, 3.63) is 60.4 Å². The van der Waals surface area contributed by atoms with E-state index in [0.717, 1.165) is 28.8 Å². The summed E-state index contributed by atoms with van der Waals surface area (Å²) in [4.78, 5) is 26.0. The number of nitrogens with two attached hydrogens (primary N) is 2. The SMILES string of the molecule is C#C[C@@]1(O)C[C@@H](C)CN(C)[C@H](C)[C@@H](O)[C@](C)(O)[C@@H](CC)OC(=O)[C@H](C)C[C@H](C)[C@H]1O[C@H]1C[C@@H](N(C)CC/C(=C/N[C@H](CO)Cc2ccc(-c3cncnc3)cc2)[NH2+]N)C[C@@H](C)O1. The van der Waals surface area contributed by atoms with Gasteiger partial charge in [-0.15, -0.1) is 6.42 Å². The van der Waals surface area contributed by atoms with Gasteiger partial charge in [0.1, 0.15) is 35.9 Å². The molecule has 2 fully saturated rings. The van der Waals surface area contributed by atoms with Gasteiger partial charge in [-0.2, -0.15) is 5.84 Å². The quantitative estimate of drug-likeness (QED) is 0.0629. The molecule has 13 atom stereocenters. The number of likely N-dealkylation sites (N-methyl/N-ethyl adjacent to an activating group) is 1. The molecule has 0 radical (unpaired) electrons. The van der Waals surface area contributed by atoms with E-state index in [1.807, 2.05) is 77.0 Å². The fourth-order valence-electron chi connectivity index (χ4n) is 9.14. The molecule has 0 spiro atoms.